The lowest BCUT2D eigenvalue weighted by molar-refractivity contribution is 0.900. The van der Waals surface area contributed by atoms with Crippen LogP contribution in [0.1, 0.15) is 13.8 Å². The van der Waals surface area contributed by atoms with Gasteiger partial charge in [0.2, 0.25) is 0 Å². The van der Waals surface area contributed by atoms with E-state index in [0.29, 0.717) is 11.7 Å². The molecule has 36 valence electrons. The normalized spacial score (nSPS) is 15.2. The average Bonchev–Trinajstić information content (AvgIpc) is 1.61. The van der Waals surface area contributed by atoms with Crippen LogP contribution in [0.5, 0.6) is 0 Å². The van der Waals surface area contributed by atoms with Crippen LogP contribution < -0.4 is 5.83 Å². The Morgan fingerprint density at radius 2 is 2.67 bits per heavy atom. The summed E-state index contributed by atoms with van der Waals surface area (Å²) in [6.45, 7) is 3.88. The van der Waals surface area contributed by atoms with Crippen molar-refractivity contribution in [3.8, 4) is 0 Å². The minimum absolute atomic E-state index is 0.292. The van der Waals surface area contributed by atoms with Crippen molar-refractivity contribution in [1.29, 1.82) is 0 Å². The van der Waals surface area contributed by atoms with Crippen LogP contribution in [-0.2, 0) is 0 Å². The van der Waals surface area contributed by atoms with Crippen molar-refractivity contribution < 1.29 is 2.82 Å². The van der Waals surface area contributed by atoms with Crippen LogP contribution in [0.4, 0.5) is 0 Å². The number of rotatable bonds is 2. The summed E-state index contributed by atoms with van der Waals surface area (Å²) in [6, 6.07) is 0. The largest absolute Gasteiger partial charge is 0.324 e. The summed E-state index contributed by atoms with van der Waals surface area (Å²) in [5.74, 6) is 0.605. The summed E-state index contributed by atoms with van der Waals surface area (Å²) in [7, 11) is 0. The van der Waals surface area contributed by atoms with Gasteiger partial charge in [-0.25, -0.2) is 0 Å². The first-order chi connectivity index (χ1) is 3.63. The van der Waals surface area contributed by atoms with Crippen LogP contribution in [0.25, 0.3) is 0 Å². The van der Waals surface area contributed by atoms with Crippen LogP contribution in [0.3, 0.4) is 0 Å². The fourth-order valence-corrected chi connectivity index (χ4v) is 0.133. The molecule has 2 heteroatoms. The summed E-state index contributed by atoms with van der Waals surface area (Å²) < 4.78 is 12.9. The Bertz CT molecular complexity index is 70.1. The van der Waals surface area contributed by atoms with Crippen molar-refractivity contribution in [1.82, 2.24) is 0 Å². The zero-order chi connectivity index (χ0) is 6.57. The van der Waals surface area contributed by atoms with Gasteiger partial charge < -0.3 is 5.83 Å². The van der Waals surface area contributed by atoms with Crippen molar-refractivity contribution in [2.75, 3.05) is 0 Å². The van der Waals surface area contributed by atoms with Gasteiger partial charge in [-0.15, -0.1) is 0 Å². The highest BCUT2D eigenvalue weighted by Crippen LogP contribution is 1.80. The van der Waals surface area contributed by atoms with Crippen LogP contribution in [-0.4, -0.2) is 6.21 Å². The van der Waals surface area contributed by atoms with Crippen LogP contribution >= 0.6 is 0 Å². The molecule has 0 fully saturated rings. The third kappa shape index (κ3) is 3.47. The van der Waals surface area contributed by atoms with Crippen molar-refractivity contribution in [3.63, 3.8) is 0 Å². The maximum atomic E-state index is 6.47. The Labute approximate surface area is 41.0 Å². The van der Waals surface area contributed by atoms with E-state index in [4.69, 9.17) is 2.82 Å². The SMILES string of the molecule is [2H]N([2H])/N=C/C(C)C. The predicted octanol–water partition coefficient (Wildman–Crippen LogP) is 0.587. The maximum Gasteiger partial charge on any atom is 0.179 e. The molecule has 0 saturated heterocycles. The zero-order valence-electron chi connectivity index (χ0n) is 6.05. The van der Waals surface area contributed by atoms with Crippen LogP contribution in [0, 0.1) is 5.92 Å². The minimum Gasteiger partial charge on any atom is -0.324 e. The summed E-state index contributed by atoms with van der Waals surface area (Å²) in [5, 5.41) is 3.37. The third-order valence-corrected chi connectivity index (χ3v) is 0.365. The summed E-state index contributed by atoms with van der Waals surface area (Å²) in [6.07, 6.45) is 1.54. The Kier molecular flexibility index (Phi) is 1.17. The Morgan fingerprint density at radius 3 is 2.83 bits per heavy atom. The first-order valence-corrected chi connectivity index (χ1v) is 1.95. The topological polar surface area (TPSA) is 38.4 Å². The van der Waals surface area contributed by atoms with E-state index in [1.807, 2.05) is 13.8 Å². The fourth-order valence-electron chi connectivity index (χ4n) is 0.133. The minimum atomic E-state index is 0.292. The van der Waals surface area contributed by atoms with E-state index in [9.17, 15) is 0 Å². The third-order valence-electron chi connectivity index (χ3n) is 0.365. The molecule has 2 N–H and O–H groups in total. The van der Waals surface area contributed by atoms with E-state index in [0.717, 1.165) is 0 Å². The van der Waals surface area contributed by atoms with E-state index in [1.54, 1.807) is 6.21 Å². The van der Waals surface area contributed by atoms with E-state index in [1.165, 1.54) is 0 Å². The van der Waals surface area contributed by atoms with Crippen molar-refractivity contribution in [2.24, 2.45) is 16.8 Å². The van der Waals surface area contributed by atoms with E-state index < -0.39 is 0 Å². The molecule has 0 aliphatic carbocycles. The molecule has 0 radical (unpaired) electrons. The van der Waals surface area contributed by atoms with Crippen LogP contribution in [0.15, 0.2) is 5.10 Å². The molecule has 0 aliphatic heterocycles. The molecule has 0 unspecified atom stereocenters. The molecule has 6 heavy (non-hydrogen) atoms. The second-order valence-electron chi connectivity index (χ2n) is 1.51. The lowest BCUT2D eigenvalue weighted by atomic mass is 10.3. The van der Waals surface area contributed by atoms with E-state index in [2.05, 4.69) is 5.10 Å². The molecular formula is C4H10N2. The van der Waals surface area contributed by atoms with Gasteiger partial charge in [0.05, 0.1) is 0 Å². The molecule has 0 rings (SSSR count). The second kappa shape index (κ2) is 2.69. The lowest BCUT2D eigenvalue weighted by Crippen LogP contribution is -1.90. The highest BCUT2D eigenvalue weighted by molar-refractivity contribution is 5.58. The van der Waals surface area contributed by atoms with E-state index >= 15 is 0 Å². The first kappa shape index (κ1) is 2.61. The van der Waals surface area contributed by atoms with E-state index in [-0.39, 0.29) is 0 Å². The summed E-state index contributed by atoms with van der Waals surface area (Å²) >= 11 is 0. The number of hydrogen-bond donors (Lipinski definition) is 1. The van der Waals surface area contributed by atoms with Gasteiger partial charge in [0, 0.05) is 6.21 Å². The Hall–Kier alpha value is -0.530. The van der Waals surface area contributed by atoms with Crippen LogP contribution in [0.2, 0.25) is 2.82 Å². The average molecular weight is 88.2 g/mol. The fraction of sp³-hybridized carbons (Fsp3) is 0.750. The van der Waals surface area contributed by atoms with Crippen molar-refractivity contribution in [2.45, 2.75) is 13.8 Å². The molecule has 0 amide bonds. The number of hydrazone groups is 1. The lowest BCUT2D eigenvalue weighted by Gasteiger charge is -1.85. The van der Waals surface area contributed by atoms with Gasteiger partial charge >= 0.3 is 0 Å². The van der Waals surface area contributed by atoms with Gasteiger partial charge in [-0.2, -0.15) is 5.10 Å². The van der Waals surface area contributed by atoms with Gasteiger partial charge in [-0.05, 0) is 5.92 Å². The molecule has 0 aromatic carbocycles. The molecule has 0 bridgehead atoms. The summed E-state index contributed by atoms with van der Waals surface area (Å²) in [5.41, 5.74) is 0. The number of nitrogens with zero attached hydrogens (tertiary/aromatic N) is 1. The molecule has 0 atom stereocenters. The molecule has 0 saturated carbocycles. The molecule has 0 aromatic heterocycles. The molecule has 0 spiro atoms. The number of hydrogen-bond acceptors (Lipinski definition) is 2. The maximum absolute atomic E-state index is 6.47. The van der Waals surface area contributed by atoms with Crippen molar-refractivity contribution in [3.05, 3.63) is 0 Å². The number of nitrogens with two attached hydrogens (primary N) is 1. The van der Waals surface area contributed by atoms with Crippen molar-refractivity contribution >= 4 is 6.21 Å². The smallest absolute Gasteiger partial charge is 0.179 e. The first-order valence-electron chi connectivity index (χ1n) is 2.84. The zero-order valence-corrected chi connectivity index (χ0v) is 4.05. The Balaban J connectivity index is 3.34. The van der Waals surface area contributed by atoms with Gasteiger partial charge in [0.15, 0.2) is 2.82 Å². The molecule has 0 heterocycles. The summed E-state index contributed by atoms with van der Waals surface area (Å²) in [4.78, 5) is 0. The highest BCUT2D eigenvalue weighted by Gasteiger charge is 1.78. The quantitative estimate of drug-likeness (QED) is 0.299. The standard InChI is InChI=1S/C4H10N2/c1-4(2)3-6-5/h3-4H,5H2,1-2H3/b6-3+/i/hD2. The Morgan fingerprint density at radius 1 is 2.00 bits per heavy atom. The van der Waals surface area contributed by atoms with Gasteiger partial charge in [0.1, 0.15) is 0 Å². The van der Waals surface area contributed by atoms with Gasteiger partial charge in [0.25, 0.3) is 0 Å². The second-order valence-corrected chi connectivity index (χ2v) is 1.51. The molecule has 0 aromatic rings. The monoisotopic (exact) mass is 88.1 g/mol. The molecule has 0 aliphatic rings. The van der Waals surface area contributed by atoms with Gasteiger partial charge in [-0.1, -0.05) is 13.8 Å². The van der Waals surface area contributed by atoms with Gasteiger partial charge in [-0.3, -0.25) is 0 Å². The molecule has 2 nitrogen and oxygen atoms in total. The predicted molar refractivity (Wildman–Crippen MR) is 27.5 cm³/mol. The highest BCUT2D eigenvalue weighted by atomic mass is 15.1. The molecular weight excluding hydrogens is 76.1 g/mol.